The number of aryl methyl sites for hydroxylation is 1. The number of aromatic nitrogens is 3. The Labute approximate surface area is 100 Å². The van der Waals surface area contributed by atoms with Crippen LogP contribution in [0, 0.1) is 6.92 Å². The summed E-state index contributed by atoms with van der Waals surface area (Å²) in [6, 6.07) is 4.64. The lowest BCUT2D eigenvalue weighted by Gasteiger charge is -2.25. The molecule has 5 nitrogen and oxygen atoms in total. The van der Waals surface area contributed by atoms with Crippen molar-refractivity contribution in [2.24, 2.45) is 0 Å². The van der Waals surface area contributed by atoms with Crippen LogP contribution in [-0.2, 0) is 0 Å². The van der Waals surface area contributed by atoms with Gasteiger partial charge in [-0.05, 0) is 44.0 Å². The number of nitrogens with zero attached hydrogens (tertiary/aromatic N) is 3. The molecule has 0 aliphatic carbocycles. The Bertz CT molecular complexity index is 513. The number of rotatable bonds is 2. The molecule has 0 spiro atoms. The zero-order valence-corrected chi connectivity index (χ0v) is 9.98. The maximum atomic E-state index is 4.25. The van der Waals surface area contributed by atoms with E-state index in [4.69, 9.17) is 0 Å². The smallest absolute Gasteiger partial charge is 0.157 e. The summed E-state index contributed by atoms with van der Waals surface area (Å²) < 4.78 is 1.86. The zero-order chi connectivity index (χ0) is 11.7. The lowest BCUT2D eigenvalue weighted by Crippen LogP contribution is -2.38. The Balaban J connectivity index is 1.90. The first-order valence-corrected chi connectivity index (χ1v) is 6.10. The van der Waals surface area contributed by atoms with Gasteiger partial charge in [-0.2, -0.15) is 9.61 Å². The van der Waals surface area contributed by atoms with Crippen LogP contribution in [0.5, 0.6) is 0 Å². The van der Waals surface area contributed by atoms with E-state index in [1.807, 2.05) is 10.6 Å². The second kappa shape index (κ2) is 4.33. The largest absolute Gasteiger partial charge is 0.366 e. The van der Waals surface area contributed by atoms with Gasteiger partial charge in [0.2, 0.25) is 0 Å². The van der Waals surface area contributed by atoms with E-state index >= 15 is 0 Å². The van der Waals surface area contributed by atoms with Crippen molar-refractivity contribution in [1.82, 2.24) is 19.9 Å². The molecule has 1 aliphatic heterocycles. The van der Waals surface area contributed by atoms with E-state index in [1.54, 1.807) is 6.33 Å². The molecule has 0 aromatic carbocycles. The van der Waals surface area contributed by atoms with Gasteiger partial charge in [0.1, 0.15) is 12.1 Å². The number of anilines is 1. The van der Waals surface area contributed by atoms with Crippen LogP contribution in [-0.4, -0.2) is 33.7 Å². The van der Waals surface area contributed by atoms with Crippen molar-refractivity contribution in [3.05, 3.63) is 24.0 Å². The van der Waals surface area contributed by atoms with Crippen LogP contribution in [0.4, 0.5) is 5.82 Å². The highest BCUT2D eigenvalue weighted by Gasteiger charge is 2.14. The molecule has 1 atom stereocenters. The minimum absolute atomic E-state index is 0.484. The van der Waals surface area contributed by atoms with Gasteiger partial charge in [0.25, 0.3) is 0 Å². The van der Waals surface area contributed by atoms with E-state index in [1.165, 1.54) is 18.4 Å². The normalized spacial score (nSPS) is 20.6. The molecule has 3 rings (SSSR count). The van der Waals surface area contributed by atoms with Crippen LogP contribution < -0.4 is 10.6 Å². The van der Waals surface area contributed by atoms with Gasteiger partial charge >= 0.3 is 0 Å². The molecule has 0 radical (unpaired) electrons. The third-order valence-electron chi connectivity index (χ3n) is 3.17. The molecule has 1 aliphatic rings. The highest BCUT2D eigenvalue weighted by Crippen LogP contribution is 2.16. The number of hydrogen-bond acceptors (Lipinski definition) is 4. The maximum Gasteiger partial charge on any atom is 0.157 e. The molecule has 1 saturated heterocycles. The van der Waals surface area contributed by atoms with Crippen LogP contribution in [0.3, 0.4) is 0 Å². The lowest BCUT2D eigenvalue weighted by atomic mass is 10.1. The first-order valence-electron chi connectivity index (χ1n) is 6.10. The average molecular weight is 231 g/mol. The second-order valence-electron chi connectivity index (χ2n) is 4.64. The highest BCUT2D eigenvalue weighted by molar-refractivity contribution is 5.51. The van der Waals surface area contributed by atoms with Gasteiger partial charge in [0.05, 0.1) is 0 Å². The van der Waals surface area contributed by atoms with Crippen molar-refractivity contribution in [2.45, 2.75) is 25.8 Å². The molecule has 1 unspecified atom stereocenters. The topological polar surface area (TPSA) is 54.2 Å². The Morgan fingerprint density at radius 2 is 2.41 bits per heavy atom. The molecule has 2 aromatic rings. The highest BCUT2D eigenvalue weighted by atomic mass is 15.3. The molecule has 90 valence electrons. The standard InChI is InChI=1S/C12H17N5/c1-9-5-11-14-8-15-17(11)12(6-9)16-10-3-2-4-13-7-10/h5-6,8,10,13,16H,2-4,7H2,1H3. The van der Waals surface area contributed by atoms with E-state index in [0.29, 0.717) is 6.04 Å². The van der Waals surface area contributed by atoms with E-state index in [2.05, 4.69) is 33.7 Å². The van der Waals surface area contributed by atoms with E-state index < -0.39 is 0 Å². The number of pyridine rings is 1. The average Bonchev–Trinajstić information content (AvgIpc) is 2.78. The summed E-state index contributed by atoms with van der Waals surface area (Å²) in [6.45, 7) is 4.23. The van der Waals surface area contributed by atoms with Crippen LogP contribution in [0.15, 0.2) is 18.5 Å². The molecular weight excluding hydrogens is 214 g/mol. The SMILES string of the molecule is Cc1cc(NC2CCCNC2)n2ncnc2c1. The van der Waals surface area contributed by atoms with E-state index in [-0.39, 0.29) is 0 Å². The van der Waals surface area contributed by atoms with Crippen molar-refractivity contribution in [2.75, 3.05) is 18.4 Å². The zero-order valence-electron chi connectivity index (χ0n) is 9.98. The molecule has 2 N–H and O–H groups in total. The summed E-state index contributed by atoms with van der Waals surface area (Å²) in [4.78, 5) is 4.23. The minimum Gasteiger partial charge on any atom is -0.366 e. The van der Waals surface area contributed by atoms with Gasteiger partial charge in [-0.15, -0.1) is 0 Å². The van der Waals surface area contributed by atoms with Crippen LogP contribution in [0.1, 0.15) is 18.4 Å². The van der Waals surface area contributed by atoms with Gasteiger partial charge < -0.3 is 10.6 Å². The summed E-state index contributed by atoms with van der Waals surface area (Å²) >= 11 is 0. The molecule has 0 bridgehead atoms. The fourth-order valence-corrected chi connectivity index (χ4v) is 2.34. The molecule has 1 fully saturated rings. The third-order valence-corrected chi connectivity index (χ3v) is 3.17. The van der Waals surface area contributed by atoms with Crippen molar-refractivity contribution in [3.8, 4) is 0 Å². The van der Waals surface area contributed by atoms with Crippen LogP contribution in [0.25, 0.3) is 5.65 Å². The summed E-state index contributed by atoms with van der Waals surface area (Å²) in [5.41, 5.74) is 2.10. The van der Waals surface area contributed by atoms with Crippen molar-refractivity contribution >= 4 is 11.5 Å². The summed E-state index contributed by atoms with van der Waals surface area (Å²) in [6.07, 6.45) is 4.03. The van der Waals surface area contributed by atoms with Crippen LogP contribution in [0.2, 0.25) is 0 Å². The molecule has 2 aromatic heterocycles. The first kappa shape index (κ1) is 10.5. The number of hydrogen-bond donors (Lipinski definition) is 2. The quantitative estimate of drug-likeness (QED) is 0.815. The van der Waals surface area contributed by atoms with Gasteiger partial charge in [-0.3, -0.25) is 0 Å². The summed E-state index contributed by atoms with van der Waals surface area (Å²) in [7, 11) is 0. The Morgan fingerprint density at radius 1 is 1.47 bits per heavy atom. The Morgan fingerprint density at radius 3 is 3.24 bits per heavy atom. The summed E-state index contributed by atoms with van der Waals surface area (Å²) in [5.74, 6) is 1.03. The number of piperidine rings is 1. The minimum atomic E-state index is 0.484. The van der Waals surface area contributed by atoms with E-state index in [9.17, 15) is 0 Å². The van der Waals surface area contributed by atoms with Gasteiger partial charge in [-0.25, -0.2) is 4.98 Å². The predicted molar refractivity (Wildman–Crippen MR) is 67.2 cm³/mol. The van der Waals surface area contributed by atoms with Crippen molar-refractivity contribution in [1.29, 1.82) is 0 Å². The van der Waals surface area contributed by atoms with Gasteiger partial charge in [-0.1, -0.05) is 0 Å². The van der Waals surface area contributed by atoms with Crippen molar-refractivity contribution in [3.63, 3.8) is 0 Å². The number of fused-ring (bicyclic) bond motifs is 1. The second-order valence-corrected chi connectivity index (χ2v) is 4.64. The third kappa shape index (κ3) is 2.10. The van der Waals surface area contributed by atoms with Gasteiger partial charge in [0.15, 0.2) is 5.65 Å². The fraction of sp³-hybridized carbons (Fsp3) is 0.500. The van der Waals surface area contributed by atoms with Gasteiger partial charge in [0, 0.05) is 12.6 Å². The lowest BCUT2D eigenvalue weighted by molar-refractivity contribution is 0.478. The molecule has 17 heavy (non-hydrogen) atoms. The Hall–Kier alpha value is -1.62. The fourth-order valence-electron chi connectivity index (χ4n) is 2.34. The molecule has 5 heteroatoms. The Kier molecular flexibility index (Phi) is 2.68. The van der Waals surface area contributed by atoms with E-state index in [0.717, 1.165) is 24.6 Å². The first-order chi connectivity index (χ1) is 8.33. The number of nitrogens with one attached hydrogen (secondary N) is 2. The molecule has 0 amide bonds. The molecule has 3 heterocycles. The molecule has 0 saturated carbocycles. The monoisotopic (exact) mass is 231 g/mol. The predicted octanol–water partition coefficient (Wildman–Crippen LogP) is 1.20. The molecular formula is C12H17N5. The maximum absolute atomic E-state index is 4.25. The summed E-state index contributed by atoms with van der Waals surface area (Å²) in [5, 5.41) is 11.2. The van der Waals surface area contributed by atoms with Crippen molar-refractivity contribution < 1.29 is 0 Å². The van der Waals surface area contributed by atoms with Crippen LogP contribution >= 0.6 is 0 Å².